The molecule has 0 saturated heterocycles. The third-order valence-corrected chi connectivity index (χ3v) is 5.85. The average molecular weight is 485 g/mol. The van der Waals surface area contributed by atoms with Crippen LogP contribution >= 0.6 is 0 Å². The van der Waals surface area contributed by atoms with Gasteiger partial charge < -0.3 is 10.5 Å². The van der Waals surface area contributed by atoms with Crippen LogP contribution in [-0.2, 0) is 24.3 Å². The SMILES string of the molecule is CCc1ccc(OCC(=O)N(Cc2ccccc2)c2c(N)n(Cc3ccccc3)c(=O)[nH]c2=O)cc1. The molecule has 0 aliphatic heterocycles. The number of hydrogen-bond acceptors (Lipinski definition) is 5. The molecule has 36 heavy (non-hydrogen) atoms. The second kappa shape index (κ2) is 11.2. The Morgan fingerprint density at radius 3 is 2.11 bits per heavy atom. The maximum atomic E-state index is 13.4. The van der Waals surface area contributed by atoms with Crippen LogP contribution < -0.4 is 26.6 Å². The van der Waals surface area contributed by atoms with E-state index in [0.717, 1.165) is 23.1 Å². The van der Waals surface area contributed by atoms with E-state index in [1.165, 1.54) is 9.47 Å². The molecule has 1 aromatic heterocycles. The van der Waals surface area contributed by atoms with E-state index in [2.05, 4.69) is 11.9 Å². The average Bonchev–Trinajstić information content (AvgIpc) is 2.90. The first-order valence-electron chi connectivity index (χ1n) is 11.7. The second-order valence-corrected chi connectivity index (χ2v) is 8.32. The zero-order valence-corrected chi connectivity index (χ0v) is 20.0. The van der Waals surface area contributed by atoms with Crippen molar-refractivity contribution in [1.29, 1.82) is 0 Å². The van der Waals surface area contributed by atoms with Crippen LogP contribution in [0.2, 0.25) is 0 Å². The first-order chi connectivity index (χ1) is 17.5. The number of rotatable bonds is 9. The summed E-state index contributed by atoms with van der Waals surface area (Å²) in [5.74, 6) is -0.0270. The number of nitrogen functional groups attached to an aromatic ring is 1. The number of carbonyl (C=O) groups excluding carboxylic acids is 1. The maximum absolute atomic E-state index is 13.4. The van der Waals surface area contributed by atoms with Crippen molar-refractivity contribution in [3.05, 3.63) is 122 Å². The van der Waals surface area contributed by atoms with Gasteiger partial charge in [-0.25, -0.2) is 4.79 Å². The molecule has 3 aromatic carbocycles. The van der Waals surface area contributed by atoms with Gasteiger partial charge in [0, 0.05) is 0 Å². The minimum atomic E-state index is -0.738. The quantitative estimate of drug-likeness (QED) is 0.379. The number of aromatic amines is 1. The number of aryl methyl sites for hydroxylation is 1. The monoisotopic (exact) mass is 484 g/mol. The van der Waals surface area contributed by atoms with Gasteiger partial charge in [0.1, 0.15) is 11.6 Å². The van der Waals surface area contributed by atoms with Gasteiger partial charge in [-0.3, -0.25) is 24.0 Å². The number of benzene rings is 3. The van der Waals surface area contributed by atoms with E-state index in [1.807, 2.05) is 72.8 Å². The molecule has 0 bridgehead atoms. The molecule has 0 unspecified atom stereocenters. The first kappa shape index (κ1) is 24.5. The summed E-state index contributed by atoms with van der Waals surface area (Å²) in [5.41, 5.74) is 7.66. The molecule has 8 heteroatoms. The van der Waals surface area contributed by atoms with Gasteiger partial charge in [-0.2, -0.15) is 0 Å². The van der Waals surface area contributed by atoms with Gasteiger partial charge in [-0.05, 0) is 35.2 Å². The van der Waals surface area contributed by atoms with Crippen LogP contribution in [0.4, 0.5) is 11.5 Å². The van der Waals surface area contributed by atoms with Crippen LogP contribution in [0.5, 0.6) is 5.75 Å². The molecular formula is C28H28N4O4. The summed E-state index contributed by atoms with van der Waals surface area (Å²) in [4.78, 5) is 42.6. The number of nitrogens with two attached hydrogens (primary N) is 1. The van der Waals surface area contributed by atoms with Crippen molar-refractivity contribution in [3.8, 4) is 5.75 Å². The third-order valence-electron chi connectivity index (χ3n) is 5.85. The van der Waals surface area contributed by atoms with E-state index in [-0.39, 0.29) is 31.2 Å². The molecule has 0 fully saturated rings. The van der Waals surface area contributed by atoms with Crippen molar-refractivity contribution in [3.63, 3.8) is 0 Å². The Morgan fingerprint density at radius 1 is 0.889 bits per heavy atom. The molecule has 0 saturated carbocycles. The normalized spacial score (nSPS) is 10.7. The highest BCUT2D eigenvalue weighted by atomic mass is 16.5. The number of carbonyl (C=O) groups is 1. The van der Waals surface area contributed by atoms with Crippen LogP contribution in [0.1, 0.15) is 23.6 Å². The molecular weight excluding hydrogens is 456 g/mol. The Kier molecular flexibility index (Phi) is 7.65. The lowest BCUT2D eigenvalue weighted by atomic mass is 10.2. The molecule has 184 valence electrons. The van der Waals surface area contributed by atoms with E-state index in [0.29, 0.717) is 5.75 Å². The molecule has 0 aliphatic rings. The van der Waals surface area contributed by atoms with Crippen LogP contribution in [-0.4, -0.2) is 22.1 Å². The molecule has 4 aromatic rings. The number of H-pyrrole nitrogens is 1. The van der Waals surface area contributed by atoms with Crippen molar-refractivity contribution < 1.29 is 9.53 Å². The third kappa shape index (κ3) is 5.72. The smallest absolute Gasteiger partial charge is 0.330 e. The van der Waals surface area contributed by atoms with E-state index >= 15 is 0 Å². The number of hydrogen-bond donors (Lipinski definition) is 2. The van der Waals surface area contributed by atoms with Crippen LogP contribution in [0.15, 0.2) is 94.5 Å². The fraction of sp³-hybridized carbons (Fsp3) is 0.179. The highest BCUT2D eigenvalue weighted by Gasteiger charge is 2.25. The summed E-state index contributed by atoms with van der Waals surface area (Å²) in [6, 6.07) is 26.0. The van der Waals surface area contributed by atoms with Crippen LogP contribution in [0, 0.1) is 0 Å². The Labute approximate surface area is 208 Å². The molecule has 4 rings (SSSR count). The molecule has 0 spiro atoms. The van der Waals surface area contributed by atoms with Crippen molar-refractivity contribution in [1.82, 2.24) is 9.55 Å². The maximum Gasteiger partial charge on any atom is 0.330 e. The van der Waals surface area contributed by atoms with Gasteiger partial charge in [0.2, 0.25) is 0 Å². The number of ether oxygens (including phenoxy) is 1. The molecule has 0 atom stereocenters. The molecule has 1 heterocycles. The molecule has 0 aliphatic carbocycles. The Hall–Kier alpha value is -4.59. The number of nitrogens with one attached hydrogen (secondary N) is 1. The lowest BCUT2D eigenvalue weighted by Crippen LogP contribution is -2.42. The summed E-state index contributed by atoms with van der Waals surface area (Å²) in [5, 5.41) is 0. The number of aromatic nitrogens is 2. The summed E-state index contributed by atoms with van der Waals surface area (Å²) in [7, 11) is 0. The Morgan fingerprint density at radius 2 is 1.50 bits per heavy atom. The molecule has 0 radical (unpaired) electrons. The van der Waals surface area contributed by atoms with Crippen LogP contribution in [0.3, 0.4) is 0 Å². The summed E-state index contributed by atoms with van der Waals surface area (Å²) in [6.07, 6.45) is 0.894. The predicted molar refractivity (Wildman–Crippen MR) is 140 cm³/mol. The highest BCUT2D eigenvalue weighted by Crippen LogP contribution is 2.21. The highest BCUT2D eigenvalue weighted by molar-refractivity contribution is 5.96. The number of amides is 1. The summed E-state index contributed by atoms with van der Waals surface area (Å²) >= 11 is 0. The minimum absolute atomic E-state index is 0.0780. The van der Waals surface area contributed by atoms with E-state index < -0.39 is 17.2 Å². The van der Waals surface area contributed by atoms with E-state index in [4.69, 9.17) is 10.5 Å². The predicted octanol–water partition coefficient (Wildman–Crippen LogP) is 3.34. The number of nitrogens with zero attached hydrogens (tertiary/aromatic N) is 2. The van der Waals surface area contributed by atoms with Crippen molar-refractivity contribution in [2.75, 3.05) is 17.2 Å². The van der Waals surface area contributed by atoms with E-state index in [9.17, 15) is 14.4 Å². The Bertz CT molecular complexity index is 1430. The van der Waals surface area contributed by atoms with Gasteiger partial charge in [-0.15, -0.1) is 0 Å². The van der Waals surface area contributed by atoms with E-state index in [1.54, 1.807) is 12.1 Å². The van der Waals surface area contributed by atoms with Gasteiger partial charge in [0.05, 0.1) is 13.1 Å². The van der Waals surface area contributed by atoms with Gasteiger partial charge in [0.25, 0.3) is 11.5 Å². The Balaban J connectivity index is 1.69. The second-order valence-electron chi connectivity index (χ2n) is 8.32. The fourth-order valence-corrected chi connectivity index (χ4v) is 3.86. The lowest BCUT2D eigenvalue weighted by molar-refractivity contribution is -0.120. The van der Waals surface area contributed by atoms with Gasteiger partial charge >= 0.3 is 5.69 Å². The van der Waals surface area contributed by atoms with Crippen molar-refractivity contribution in [2.24, 2.45) is 0 Å². The zero-order chi connectivity index (χ0) is 25.5. The summed E-state index contributed by atoms with van der Waals surface area (Å²) < 4.78 is 6.98. The van der Waals surface area contributed by atoms with Gasteiger partial charge in [0.15, 0.2) is 12.3 Å². The number of anilines is 2. The molecule has 3 N–H and O–H groups in total. The zero-order valence-electron chi connectivity index (χ0n) is 20.0. The summed E-state index contributed by atoms with van der Waals surface area (Å²) in [6.45, 7) is 1.96. The van der Waals surface area contributed by atoms with Crippen molar-refractivity contribution in [2.45, 2.75) is 26.4 Å². The minimum Gasteiger partial charge on any atom is -0.484 e. The topological polar surface area (TPSA) is 110 Å². The van der Waals surface area contributed by atoms with Gasteiger partial charge in [-0.1, -0.05) is 79.7 Å². The molecule has 8 nitrogen and oxygen atoms in total. The molecule has 1 amide bonds. The van der Waals surface area contributed by atoms with Crippen molar-refractivity contribution >= 4 is 17.4 Å². The largest absolute Gasteiger partial charge is 0.484 e. The van der Waals surface area contributed by atoms with Crippen LogP contribution in [0.25, 0.3) is 0 Å². The fourth-order valence-electron chi connectivity index (χ4n) is 3.86. The first-order valence-corrected chi connectivity index (χ1v) is 11.7. The lowest BCUT2D eigenvalue weighted by Gasteiger charge is -2.25. The standard InChI is InChI=1S/C28H28N4O4/c1-2-20-13-15-23(16-14-20)36-19-24(33)31(17-21-9-5-3-6-10-21)25-26(29)32(28(35)30-27(25)34)18-22-11-7-4-8-12-22/h3-16H,2,17-19,29H2,1H3,(H,30,34,35).